The number of hydrogen-bond acceptors (Lipinski definition) is 12. The first-order chi connectivity index (χ1) is 21.4. The van der Waals surface area contributed by atoms with Crippen molar-refractivity contribution < 1.29 is 38.8 Å². The fourth-order valence-electron chi connectivity index (χ4n) is 5.62. The lowest BCUT2D eigenvalue weighted by Crippen LogP contribution is -2.40. The molecule has 6 atom stereocenters. The van der Waals surface area contributed by atoms with Crippen LogP contribution in [0.4, 0.5) is 5.82 Å². The van der Waals surface area contributed by atoms with Gasteiger partial charge in [-0.3, -0.25) is 9.13 Å². The van der Waals surface area contributed by atoms with E-state index in [1.807, 2.05) is 0 Å². The molecule has 1 saturated heterocycles. The van der Waals surface area contributed by atoms with Gasteiger partial charge in [-0.15, -0.1) is 0 Å². The van der Waals surface area contributed by atoms with Crippen molar-refractivity contribution in [2.45, 2.75) is 141 Å². The molecule has 0 amide bonds. The number of fused-ring (bicyclic) bond motifs is 1. The molecule has 0 bridgehead atoms. The van der Waals surface area contributed by atoms with E-state index in [0.29, 0.717) is 43.1 Å². The van der Waals surface area contributed by atoms with Gasteiger partial charge in [0, 0.05) is 19.6 Å². The molecule has 7 N–H and O–H groups in total. The lowest BCUT2D eigenvalue weighted by Gasteiger charge is -2.38. The largest absolute Gasteiger partial charge is 0.388 e. The minimum Gasteiger partial charge on any atom is -0.388 e. The second kappa shape index (κ2) is 15.2. The standard InChI is InChI=1S/C31H57N6O8P/c1-9-30(8,45-46(41,42)31(40,10-2)11-3)17-21-23(38)24(39)27(44-21)37-20-36-22-25(34-19-35-26(22)37)33-18-28(4,5)14-16-43-29(6,7)13-12-15-32/h19-21,23-24,27,38-40H,9-18,32H2,1-8H3,(H,41,42)(H,33,34,35). The molecule has 46 heavy (non-hydrogen) atoms. The number of aromatic nitrogens is 4. The van der Waals surface area contributed by atoms with Gasteiger partial charge in [0.2, 0.25) is 0 Å². The van der Waals surface area contributed by atoms with E-state index in [4.69, 9.17) is 19.7 Å². The van der Waals surface area contributed by atoms with Crippen molar-refractivity contribution >= 4 is 24.6 Å². The molecule has 3 rings (SSSR count). The third-order valence-corrected chi connectivity index (χ3v) is 11.7. The topological polar surface area (TPSA) is 207 Å². The normalized spacial score (nSPS) is 23.8. The van der Waals surface area contributed by atoms with Gasteiger partial charge in [0.25, 0.3) is 0 Å². The molecule has 0 aromatic carbocycles. The average Bonchev–Trinajstić information content (AvgIpc) is 3.54. The number of aliphatic hydroxyl groups excluding tert-OH is 2. The van der Waals surface area contributed by atoms with Crippen LogP contribution in [0.15, 0.2) is 12.7 Å². The monoisotopic (exact) mass is 672 g/mol. The highest BCUT2D eigenvalue weighted by Gasteiger charge is 2.52. The zero-order valence-electron chi connectivity index (χ0n) is 28.8. The van der Waals surface area contributed by atoms with E-state index in [1.54, 1.807) is 32.3 Å². The molecule has 6 unspecified atom stereocenters. The summed E-state index contributed by atoms with van der Waals surface area (Å²) >= 11 is 0. The minimum atomic E-state index is -4.48. The molecule has 3 heterocycles. The fraction of sp³-hybridized carbons (Fsp3) is 0.839. The first-order valence-electron chi connectivity index (χ1n) is 16.4. The molecular formula is C31H57N6O8P. The van der Waals surface area contributed by atoms with Crippen molar-refractivity contribution in [2.24, 2.45) is 11.1 Å². The van der Waals surface area contributed by atoms with Gasteiger partial charge in [0.15, 0.2) is 28.6 Å². The lowest BCUT2D eigenvalue weighted by atomic mass is 9.89. The van der Waals surface area contributed by atoms with E-state index in [0.717, 1.165) is 19.3 Å². The Labute approximate surface area is 273 Å². The zero-order valence-corrected chi connectivity index (χ0v) is 29.7. The molecule has 2 aromatic rings. The number of aliphatic hydroxyl groups is 3. The minimum absolute atomic E-state index is 0.0102. The SMILES string of the molecule is CCC(C)(CC1OC(n2cnc3c(NCC(C)(C)CCOC(C)(C)CCCN)ncnc32)C(O)C1O)OP(=O)(O)C(O)(CC)CC. The Bertz CT molecular complexity index is 1320. The van der Waals surface area contributed by atoms with Crippen LogP contribution in [0.5, 0.6) is 0 Å². The highest BCUT2D eigenvalue weighted by atomic mass is 31.2. The van der Waals surface area contributed by atoms with Gasteiger partial charge < -0.3 is 45.3 Å². The van der Waals surface area contributed by atoms with Gasteiger partial charge in [-0.1, -0.05) is 34.6 Å². The second-order valence-electron chi connectivity index (χ2n) is 14.2. The van der Waals surface area contributed by atoms with Crippen LogP contribution >= 0.6 is 7.60 Å². The van der Waals surface area contributed by atoms with Crippen LogP contribution in [0.2, 0.25) is 0 Å². The van der Waals surface area contributed by atoms with E-state index in [-0.39, 0.29) is 30.3 Å². The van der Waals surface area contributed by atoms with Crippen molar-refractivity contribution in [3.8, 4) is 0 Å². The van der Waals surface area contributed by atoms with Gasteiger partial charge >= 0.3 is 7.60 Å². The summed E-state index contributed by atoms with van der Waals surface area (Å²) in [7, 11) is -4.48. The molecular weight excluding hydrogens is 615 g/mol. The Morgan fingerprint density at radius 1 is 1.04 bits per heavy atom. The number of nitrogens with two attached hydrogens (primary N) is 1. The Morgan fingerprint density at radius 3 is 2.33 bits per heavy atom. The van der Waals surface area contributed by atoms with Crippen molar-refractivity contribution in [1.29, 1.82) is 0 Å². The summed E-state index contributed by atoms with van der Waals surface area (Å²) in [5, 5.41) is 34.3. The van der Waals surface area contributed by atoms with Crippen molar-refractivity contribution in [3.63, 3.8) is 0 Å². The molecule has 264 valence electrons. The summed E-state index contributed by atoms with van der Waals surface area (Å²) in [6, 6.07) is 0. The number of rotatable bonds is 19. The van der Waals surface area contributed by atoms with Gasteiger partial charge in [-0.2, -0.15) is 0 Å². The van der Waals surface area contributed by atoms with E-state index < -0.39 is 43.1 Å². The molecule has 0 aliphatic carbocycles. The zero-order chi connectivity index (χ0) is 34.6. The van der Waals surface area contributed by atoms with Crippen molar-refractivity contribution in [1.82, 2.24) is 19.5 Å². The lowest BCUT2D eigenvalue weighted by molar-refractivity contribution is -0.0696. The van der Waals surface area contributed by atoms with Crippen molar-refractivity contribution in [2.75, 3.05) is 25.0 Å². The third-order valence-electron chi connectivity index (χ3n) is 9.34. The van der Waals surface area contributed by atoms with Crippen LogP contribution < -0.4 is 11.1 Å². The van der Waals surface area contributed by atoms with Gasteiger partial charge in [-0.25, -0.2) is 15.0 Å². The predicted molar refractivity (Wildman–Crippen MR) is 176 cm³/mol. The average molecular weight is 673 g/mol. The second-order valence-corrected chi connectivity index (χ2v) is 16.2. The van der Waals surface area contributed by atoms with Gasteiger partial charge in [0.1, 0.15) is 18.5 Å². The first-order valence-corrected chi connectivity index (χ1v) is 18.0. The molecule has 14 nitrogen and oxygen atoms in total. The molecule has 1 aliphatic heterocycles. The van der Waals surface area contributed by atoms with E-state index in [2.05, 4.69) is 48.0 Å². The number of ether oxygens (including phenoxy) is 2. The number of nitrogens with zero attached hydrogens (tertiary/aromatic N) is 4. The summed E-state index contributed by atoms with van der Waals surface area (Å²) in [5.41, 5.74) is 4.94. The molecule has 2 aromatic heterocycles. The summed E-state index contributed by atoms with van der Waals surface area (Å²) in [6.45, 7) is 16.9. The number of nitrogens with one attached hydrogen (secondary N) is 1. The molecule has 0 radical (unpaired) electrons. The van der Waals surface area contributed by atoms with E-state index in [1.165, 1.54) is 12.7 Å². The highest BCUT2D eigenvalue weighted by molar-refractivity contribution is 7.54. The van der Waals surface area contributed by atoms with Crippen LogP contribution in [0.1, 0.15) is 107 Å². The number of anilines is 1. The highest BCUT2D eigenvalue weighted by Crippen LogP contribution is 2.60. The molecule has 0 saturated carbocycles. The molecule has 1 aliphatic rings. The Balaban J connectivity index is 1.71. The predicted octanol–water partition coefficient (Wildman–Crippen LogP) is 4.08. The Kier molecular flexibility index (Phi) is 12.8. The van der Waals surface area contributed by atoms with E-state index >= 15 is 0 Å². The fourth-order valence-corrected chi connectivity index (χ4v) is 7.39. The Morgan fingerprint density at radius 2 is 1.72 bits per heavy atom. The Hall–Kier alpha value is -1.74. The van der Waals surface area contributed by atoms with Gasteiger partial charge in [-0.05, 0) is 71.3 Å². The van der Waals surface area contributed by atoms with Crippen LogP contribution in [0, 0.1) is 5.41 Å². The smallest absolute Gasteiger partial charge is 0.359 e. The molecule has 1 fully saturated rings. The number of imidazole rings is 1. The van der Waals surface area contributed by atoms with Crippen molar-refractivity contribution in [3.05, 3.63) is 12.7 Å². The third kappa shape index (κ3) is 9.03. The quantitative estimate of drug-likeness (QED) is 0.117. The summed E-state index contributed by atoms with van der Waals surface area (Å²) < 4.78 is 32.7. The van der Waals surface area contributed by atoms with E-state index in [9.17, 15) is 24.8 Å². The van der Waals surface area contributed by atoms with Crippen LogP contribution in [0.3, 0.4) is 0 Å². The summed E-state index contributed by atoms with van der Waals surface area (Å²) in [6.07, 6.45) is 1.23. The van der Waals surface area contributed by atoms with Crippen LogP contribution in [0.25, 0.3) is 11.2 Å². The maximum Gasteiger partial charge on any atom is 0.359 e. The summed E-state index contributed by atoms with van der Waals surface area (Å²) in [5.74, 6) is 0.524. The molecule has 0 spiro atoms. The van der Waals surface area contributed by atoms with Crippen LogP contribution in [-0.4, -0.2) is 94.3 Å². The van der Waals surface area contributed by atoms with Crippen LogP contribution in [-0.2, 0) is 18.6 Å². The maximum absolute atomic E-state index is 13.2. The summed E-state index contributed by atoms with van der Waals surface area (Å²) in [4.78, 5) is 24.0. The number of hydrogen-bond donors (Lipinski definition) is 6. The molecule has 15 heteroatoms. The first kappa shape index (κ1) is 38.7. The van der Waals surface area contributed by atoms with Gasteiger partial charge in [0.05, 0.1) is 23.6 Å². The maximum atomic E-state index is 13.2.